The summed E-state index contributed by atoms with van der Waals surface area (Å²) in [7, 11) is 0. The molecule has 21 heavy (non-hydrogen) atoms. The normalized spacial score (nSPS) is 10.8. The molecule has 1 heterocycles. The van der Waals surface area contributed by atoms with Gasteiger partial charge in [-0.2, -0.15) is 0 Å². The molecule has 3 nitrogen and oxygen atoms in total. The third kappa shape index (κ3) is 2.83. The molecular formula is C16H13BrFN3. The topological polar surface area (TPSA) is 50.9 Å². The van der Waals surface area contributed by atoms with E-state index in [0.29, 0.717) is 16.0 Å². The minimum Gasteiger partial charge on any atom is -0.399 e. The van der Waals surface area contributed by atoms with Crippen LogP contribution in [0.15, 0.2) is 46.9 Å². The summed E-state index contributed by atoms with van der Waals surface area (Å²) in [5.74, 6) is 0.425. The van der Waals surface area contributed by atoms with E-state index in [1.165, 1.54) is 6.07 Å². The van der Waals surface area contributed by atoms with E-state index in [1.54, 1.807) is 6.07 Å². The molecule has 3 aromatic rings. The Kier molecular flexibility index (Phi) is 3.51. The van der Waals surface area contributed by atoms with E-state index in [2.05, 4.69) is 26.2 Å². The van der Waals surface area contributed by atoms with Gasteiger partial charge in [-0.15, -0.1) is 0 Å². The second-order valence-corrected chi connectivity index (χ2v) is 5.71. The van der Waals surface area contributed by atoms with Crippen molar-refractivity contribution in [2.75, 3.05) is 11.1 Å². The summed E-state index contributed by atoms with van der Waals surface area (Å²) in [4.78, 5) is 4.53. The van der Waals surface area contributed by atoms with Crippen molar-refractivity contribution in [3.63, 3.8) is 0 Å². The maximum absolute atomic E-state index is 13.4. The lowest BCUT2D eigenvalue weighted by molar-refractivity contribution is 0.620. The molecule has 0 saturated carbocycles. The Balaban J connectivity index is 1.98. The van der Waals surface area contributed by atoms with E-state index in [1.807, 2.05) is 37.3 Å². The van der Waals surface area contributed by atoms with Crippen molar-refractivity contribution < 1.29 is 4.39 Å². The van der Waals surface area contributed by atoms with Crippen molar-refractivity contribution in [2.45, 2.75) is 6.92 Å². The second-order valence-electron chi connectivity index (χ2n) is 4.85. The highest BCUT2D eigenvalue weighted by Gasteiger charge is 2.06. The van der Waals surface area contributed by atoms with Crippen molar-refractivity contribution in [1.82, 2.24) is 4.98 Å². The quantitative estimate of drug-likeness (QED) is 0.657. The molecule has 0 spiro atoms. The van der Waals surface area contributed by atoms with Gasteiger partial charge >= 0.3 is 0 Å². The SMILES string of the molecule is Cc1cc(F)c(Br)cc1Nc1ccc2cc(N)ccc2n1. The lowest BCUT2D eigenvalue weighted by Gasteiger charge is -2.11. The Morgan fingerprint density at radius 3 is 2.76 bits per heavy atom. The number of nitrogens with two attached hydrogens (primary N) is 1. The molecule has 0 atom stereocenters. The van der Waals surface area contributed by atoms with Crippen molar-refractivity contribution in [2.24, 2.45) is 0 Å². The summed E-state index contributed by atoms with van der Waals surface area (Å²) in [6.45, 7) is 1.85. The number of nitrogens with one attached hydrogen (secondary N) is 1. The predicted octanol–water partition coefficient (Wildman–Crippen LogP) is 4.77. The van der Waals surface area contributed by atoms with Gasteiger partial charge < -0.3 is 11.1 Å². The number of fused-ring (bicyclic) bond motifs is 1. The first-order valence-electron chi connectivity index (χ1n) is 6.42. The summed E-state index contributed by atoms with van der Waals surface area (Å²) in [6, 6.07) is 12.6. The smallest absolute Gasteiger partial charge is 0.137 e. The number of rotatable bonds is 2. The zero-order valence-corrected chi connectivity index (χ0v) is 12.9. The molecule has 0 amide bonds. The fourth-order valence-corrected chi connectivity index (χ4v) is 2.48. The first-order valence-corrected chi connectivity index (χ1v) is 7.21. The number of anilines is 3. The molecular weight excluding hydrogens is 333 g/mol. The number of pyridine rings is 1. The minimum atomic E-state index is -0.278. The average Bonchev–Trinajstić information content (AvgIpc) is 2.45. The van der Waals surface area contributed by atoms with Gasteiger partial charge in [-0.3, -0.25) is 0 Å². The third-order valence-electron chi connectivity index (χ3n) is 3.24. The molecule has 0 unspecified atom stereocenters. The van der Waals surface area contributed by atoms with Crippen molar-refractivity contribution in [3.8, 4) is 0 Å². The molecule has 0 bridgehead atoms. The number of halogens is 2. The highest BCUT2D eigenvalue weighted by Crippen LogP contribution is 2.27. The van der Waals surface area contributed by atoms with Crippen LogP contribution in [0.25, 0.3) is 10.9 Å². The Morgan fingerprint density at radius 2 is 1.95 bits per heavy atom. The number of nitrogens with zero attached hydrogens (tertiary/aromatic N) is 1. The monoisotopic (exact) mass is 345 g/mol. The van der Waals surface area contributed by atoms with Crippen LogP contribution >= 0.6 is 15.9 Å². The van der Waals surface area contributed by atoms with Gasteiger partial charge in [0, 0.05) is 16.8 Å². The van der Waals surface area contributed by atoms with Gasteiger partial charge in [-0.25, -0.2) is 9.37 Å². The van der Waals surface area contributed by atoms with E-state index >= 15 is 0 Å². The summed E-state index contributed by atoms with van der Waals surface area (Å²) in [5.41, 5.74) is 8.94. The van der Waals surface area contributed by atoms with Gasteiger partial charge in [0.15, 0.2) is 0 Å². The Bertz CT molecular complexity index is 833. The molecule has 0 aliphatic carbocycles. The highest BCUT2D eigenvalue weighted by molar-refractivity contribution is 9.10. The molecule has 1 aromatic heterocycles. The summed E-state index contributed by atoms with van der Waals surface area (Å²) in [6.07, 6.45) is 0. The molecule has 2 aromatic carbocycles. The molecule has 3 N–H and O–H groups in total. The van der Waals surface area contributed by atoms with Crippen LogP contribution in [0.1, 0.15) is 5.56 Å². The zero-order valence-electron chi connectivity index (χ0n) is 11.3. The number of aryl methyl sites for hydroxylation is 1. The maximum atomic E-state index is 13.4. The molecule has 0 aliphatic heterocycles. The number of hydrogen-bond donors (Lipinski definition) is 2. The highest BCUT2D eigenvalue weighted by atomic mass is 79.9. The van der Waals surface area contributed by atoms with E-state index in [-0.39, 0.29) is 5.82 Å². The Morgan fingerprint density at radius 1 is 1.14 bits per heavy atom. The standard InChI is InChI=1S/C16H13BrFN3/c1-9-6-13(18)12(17)8-15(9)21-16-5-2-10-7-11(19)3-4-14(10)20-16/h2-8H,19H2,1H3,(H,20,21). The summed E-state index contributed by atoms with van der Waals surface area (Å²) in [5, 5.41) is 4.19. The maximum Gasteiger partial charge on any atom is 0.137 e. The van der Waals surface area contributed by atoms with Crippen LogP contribution in [0.3, 0.4) is 0 Å². The fourth-order valence-electron chi connectivity index (χ4n) is 2.13. The van der Waals surface area contributed by atoms with Crippen LogP contribution in [-0.4, -0.2) is 4.98 Å². The Labute approximate surface area is 130 Å². The van der Waals surface area contributed by atoms with Gasteiger partial charge in [0.1, 0.15) is 11.6 Å². The predicted molar refractivity (Wildman–Crippen MR) is 88.3 cm³/mol. The minimum absolute atomic E-state index is 0.278. The van der Waals surface area contributed by atoms with Gasteiger partial charge in [-0.1, -0.05) is 0 Å². The summed E-state index contributed by atoms with van der Waals surface area (Å²) >= 11 is 3.19. The average molecular weight is 346 g/mol. The van der Waals surface area contributed by atoms with Crippen LogP contribution in [0.5, 0.6) is 0 Å². The first-order chi connectivity index (χ1) is 10.0. The van der Waals surface area contributed by atoms with Gasteiger partial charge in [-0.05, 0) is 70.9 Å². The number of benzene rings is 2. The lowest BCUT2D eigenvalue weighted by atomic mass is 10.2. The molecule has 0 fully saturated rings. The van der Waals surface area contributed by atoms with Crippen LogP contribution in [-0.2, 0) is 0 Å². The molecule has 0 radical (unpaired) electrons. The van der Waals surface area contributed by atoms with Crippen molar-refractivity contribution in [1.29, 1.82) is 0 Å². The van der Waals surface area contributed by atoms with E-state index < -0.39 is 0 Å². The van der Waals surface area contributed by atoms with Crippen molar-refractivity contribution >= 4 is 44.0 Å². The van der Waals surface area contributed by atoms with E-state index in [9.17, 15) is 4.39 Å². The van der Waals surface area contributed by atoms with E-state index in [0.717, 1.165) is 22.2 Å². The number of nitrogen functional groups attached to an aromatic ring is 1. The van der Waals surface area contributed by atoms with Crippen LogP contribution in [0.4, 0.5) is 21.6 Å². The van der Waals surface area contributed by atoms with Crippen LogP contribution in [0, 0.1) is 12.7 Å². The lowest BCUT2D eigenvalue weighted by Crippen LogP contribution is -1.97. The van der Waals surface area contributed by atoms with Crippen LogP contribution < -0.4 is 11.1 Å². The van der Waals surface area contributed by atoms with Gasteiger partial charge in [0.05, 0.1) is 9.99 Å². The van der Waals surface area contributed by atoms with Crippen LogP contribution in [0.2, 0.25) is 0 Å². The Hall–Kier alpha value is -2.14. The fraction of sp³-hybridized carbons (Fsp3) is 0.0625. The number of aromatic nitrogens is 1. The largest absolute Gasteiger partial charge is 0.399 e. The van der Waals surface area contributed by atoms with Gasteiger partial charge in [0.2, 0.25) is 0 Å². The second kappa shape index (κ2) is 5.33. The van der Waals surface area contributed by atoms with Gasteiger partial charge in [0.25, 0.3) is 0 Å². The molecule has 0 saturated heterocycles. The first kappa shape index (κ1) is 13.8. The zero-order chi connectivity index (χ0) is 15.0. The third-order valence-corrected chi connectivity index (χ3v) is 3.85. The number of hydrogen-bond acceptors (Lipinski definition) is 3. The molecule has 0 aliphatic rings. The molecule has 106 valence electrons. The molecule has 3 rings (SSSR count). The molecule has 5 heteroatoms. The van der Waals surface area contributed by atoms with E-state index in [4.69, 9.17) is 5.73 Å². The summed E-state index contributed by atoms with van der Waals surface area (Å²) < 4.78 is 13.9. The van der Waals surface area contributed by atoms with Crippen molar-refractivity contribution in [3.05, 3.63) is 58.3 Å².